The van der Waals surface area contributed by atoms with Crippen LogP contribution >= 0.6 is 11.6 Å². The van der Waals surface area contributed by atoms with Gasteiger partial charge in [0.15, 0.2) is 0 Å². The highest BCUT2D eigenvalue weighted by atomic mass is 35.5. The van der Waals surface area contributed by atoms with Gasteiger partial charge in [-0.25, -0.2) is 9.78 Å². The Bertz CT molecular complexity index is 339. The second-order valence-electron chi connectivity index (χ2n) is 2.53. The fraction of sp³-hybridized carbons (Fsp3) is 0.286. The van der Waals surface area contributed by atoms with Crippen molar-refractivity contribution >= 4 is 29.5 Å². The molecule has 0 radical (unpaired) electrons. The lowest BCUT2D eigenvalue weighted by Crippen LogP contribution is -2.18. The highest BCUT2D eigenvalue weighted by Gasteiger charge is 2.00. The van der Waals surface area contributed by atoms with E-state index in [1.54, 1.807) is 0 Å². The predicted molar refractivity (Wildman–Crippen MR) is 55.5 cm³/mol. The Kier molecular flexibility index (Phi) is 3.92. The van der Waals surface area contributed by atoms with Crippen molar-refractivity contribution in [1.29, 1.82) is 0 Å². The number of anilines is 2. The van der Waals surface area contributed by atoms with Gasteiger partial charge in [-0.15, -0.1) is 0 Å². The van der Waals surface area contributed by atoms with E-state index >= 15 is 0 Å². The summed E-state index contributed by atoms with van der Waals surface area (Å²) in [5.74, 6) is 0.529. The van der Waals surface area contributed by atoms with E-state index in [2.05, 4.69) is 20.0 Å². The van der Waals surface area contributed by atoms with Crippen molar-refractivity contribution in [2.45, 2.75) is 0 Å². The minimum Gasteiger partial charge on any atom is -0.448 e. The van der Waals surface area contributed by atoms with Gasteiger partial charge in [0.2, 0.25) is 5.95 Å². The van der Waals surface area contributed by atoms with E-state index in [0.29, 0.717) is 12.4 Å². The van der Waals surface area contributed by atoms with Crippen LogP contribution in [0.25, 0.3) is 0 Å². The quantitative estimate of drug-likeness (QED) is 0.504. The first-order valence-corrected chi connectivity index (χ1v) is 4.42. The molecular formula is C7H10ClN5O2. The summed E-state index contributed by atoms with van der Waals surface area (Å²) in [6.45, 7) is 0.493. The van der Waals surface area contributed by atoms with Gasteiger partial charge in [0.1, 0.15) is 17.6 Å². The molecule has 1 heterocycles. The minimum atomic E-state index is -0.822. The number of primary amides is 1. The Morgan fingerprint density at radius 2 is 2.33 bits per heavy atom. The van der Waals surface area contributed by atoms with Crippen molar-refractivity contribution in [3.63, 3.8) is 0 Å². The maximum Gasteiger partial charge on any atom is 0.404 e. The third kappa shape index (κ3) is 4.32. The van der Waals surface area contributed by atoms with E-state index in [9.17, 15) is 4.79 Å². The van der Waals surface area contributed by atoms with Crippen molar-refractivity contribution in [1.82, 2.24) is 9.97 Å². The zero-order valence-electron chi connectivity index (χ0n) is 7.74. The first-order valence-electron chi connectivity index (χ1n) is 4.04. The number of halogens is 1. The highest BCUT2D eigenvalue weighted by molar-refractivity contribution is 6.29. The topological polar surface area (TPSA) is 116 Å². The number of hydrogen-bond acceptors (Lipinski definition) is 6. The SMILES string of the molecule is NC(=O)OCCNc1cc(Cl)nc(N)n1. The molecule has 0 spiro atoms. The van der Waals surface area contributed by atoms with Crippen LogP contribution in [0.3, 0.4) is 0 Å². The summed E-state index contributed by atoms with van der Waals surface area (Å²) in [4.78, 5) is 17.8. The Balaban J connectivity index is 2.40. The van der Waals surface area contributed by atoms with Crippen LogP contribution in [0.15, 0.2) is 6.07 Å². The maximum atomic E-state index is 10.2. The number of amides is 1. The number of nitrogens with two attached hydrogens (primary N) is 2. The van der Waals surface area contributed by atoms with Crippen molar-refractivity contribution < 1.29 is 9.53 Å². The lowest BCUT2D eigenvalue weighted by atomic mass is 10.5. The molecule has 0 aliphatic heterocycles. The highest BCUT2D eigenvalue weighted by Crippen LogP contribution is 2.11. The van der Waals surface area contributed by atoms with Crippen molar-refractivity contribution in [2.75, 3.05) is 24.2 Å². The van der Waals surface area contributed by atoms with Crippen LogP contribution < -0.4 is 16.8 Å². The summed E-state index contributed by atoms with van der Waals surface area (Å²) in [5.41, 5.74) is 10.1. The molecule has 1 aromatic rings. The smallest absolute Gasteiger partial charge is 0.404 e. The van der Waals surface area contributed by atoms with Gasteiger partial charge in [0.25, 0.3) is 0 Å². The molecule has 0 aliphatic carbocycles. The number of carbonyl (C=O) groups is 1. The second kappa shape index (κ2) is 5.20. The van der Waals surface area contributed by atoms with Gasteiger partial charge in [-0.05, 0) is 0 Å². The van der Waals surface area contributed by atoms with Gasteiger partial charge >= 0.3 is 6.09 Å². The van der Waals surface area contributed by atoms with Crippen LogP contribution in [-0.4, -0.2) is 29.2 Å². The third-order valence-electron chi connectivity index (χ3n) is 1.36. The Morgan fingerprint density at radius 1 is 1.60 bits per heavy atom. The van der Waals surface area contributed by atoms with Crippen LogP contribution in [0, 0.1) is 0 Å². The summed E-state index contributed by atoms with van der Waals surface area (Å²) in [5, 5.41) is 3.07. The van der Waals surface area contributed by atoms with Crippen molar-refractivity contribution in [3.8, 4) is 0 Å². The van der Waals surface area contributed by atoms with Crippen molar-refractivity contribution in [3.05, 3.63) is 11.2 Å². The summed E-state index contributed by atoms with van der Waals surface area (Å²) in [6, 6.07) is 1.50. The van der Waals surface area contributed by atoms with Crippen molar-refractivity contribution in [2.24, 2.45) is 5.73 Å². The Hall–Kier alpha value is -1.76. The minimum absolute atomic E-state index is 0.0702. The van der Waals surface area contributed by atoms with E-state index < -0.39 is 6.09 Å². The average molecular weight is 232 g/mol. The maximum absolute atomic E-state index is 10.2. The number of aromatic nitrogens is 2. The van der Waals surface area contributed by atoms with Crippen LogP contribution in [0.1, 0.15) is 0 Å². The second-order valence-corrected chi connectivity index (χ2v) is 2.92. The zero-order valence-corrected chi connectivity index (χ0v) is 8.49. The first-order chi connectivity index (χ1) is 7.08. The average Bonchev–Trinajstić information content (AvgIpc) is 2.10. The third-order valence-corrected chi connectivity index (χ3v) is 1.56. The van der Waals surface area contributed by atoms with E-state index in [0.717, 1.165) is 0 Å². The fourth-order valence-electron chi connectivity index (χ4n) is 0.856. The molecule has 0 saturated carbocycles. The van der Waals surface area contributed by atoms with Gasteiger partial charge in [-0.3, -0.25) is 0 Å². The number of carbonyl (C=O) groups excluding carboxylic acids is 1. The molecule has 15 heavy (non-hydrogen) atoms. The normalized spacial score (nSPS) is 9.67. The standard InChI is InChI=1S/C7H10ClN5O2/c8-4-3-5(13-6(9)12-4)11-1-2-15-7(10)14/h3H,1-2H2,(H2,10,14)(H3,9,11,12,13). The van der Waals surface area contributed by atoms with E-state index in [1.165, 1.54) is 6.07 Å². The van der Waals surface area contributed by atoms with Gasteiger partial charge in [0.05, 0.1) is 6.54 Å². The summed E-state index contributed by atoms with van der Waals surface area (Å²) in [7, 11) is 0. The molecule has 1 rings (SSSR count). The predicted octanol–water partition coefficient (Wildman–Crippen LogP) is 0.219. The summed E-state index contributed by atoms with van der Waals surface area (Å²) >= 11 is 5.64. The number of nitrogen functional groups attached to an aromatic ring is 1. The molecule has 0 aromatic carbocycles. The monoisotopic (exact) mass is 231 g/mol. The molecule has 82 valence electrons. The molecule has 7 nitrogen and oxygen atoms in total. The molecule has 1 aromatic heterocycles. The number of hydrogen-bond donors (Lipinski definition) is 3. The summed E-state index contributed by atoms with van der Waals surface area (Å²) in [6.07, 6.45) is -0.822. The van der Waals surface area contributed by atoms with Crippen LogP contribution in [-0.2, 0) is 4.74 Å². The fourth-order valence-corrected chi connectivity index (χ4v) is 1.05. The molecule has 0 saturated heterocycles. The first kappa shape index (κ1) is 11.3. The number of rotatable bonds is 4. The lowest BCUT2D eigenvalue weighted by Gasteiger charge is -2.05. The van der Waals surface area contributed by atoms with Gasteiger partial charge in [-0.1, -0.05) is 11.6 Å². The molecule has 0 bridgehead atoms. The number of nitrogens with zero attached hydrogens (tertiary/aromatic N) is 2. The van der Waals surface area contributed by atoms with Gasteiger partial charge in [-0.2, -0.15) is 4.98 Å². The number of ether oxygens (including phenoxy) is 1. The van der Waals surface area contributed by atoms with Gasteiger partial charge < -0.3 is 21.5 Å². The molecular weight excluding hydrogens is 222 g/mol. The van der Waals surface area contributed by atoms with Crippen LogP contribution in [0.4, 0.5) is 16.6 Å². The van der Waals surface area contributed by atoms with Crippen LogP contribution in [0.2, 0.25) is 5.15 Å². The Labute approximate surface area is 90.8 Å². The largest absolute Gasteiger partial charge is 0.448 e. The van der Waals surface area contributed by atoms with E-state index in [4.69, 9.17) is 23.1 Å². The molecule has 0 aliphatic rings. The molecule has 0 unspecified atom stereocenters. The zero-order chi connectivity index (χ0) is 11.3. The molecule has 0 atom stereocenters. The molecule has 0 fully saturated rings. The molecule has 8 heteroatoms. The lowest BCUT2D eigenvalue weighted by molar-refractivity contribution is 0.161. The summed E-state index contributed by atoms with van der Waals surface area (Å²) < 4.78 is 4.49. The number of nitrogens with one attached hydrogen (secondary N) is 1. The molecule has 5 N–H and O–H groups in total. The molecule has 1 amide bonds. The Morgan fingerprint density at radius 3 is 2.93 bits per heavy atom. The van der Waals surface area contributed by atoms with E-state index in [-0.39, 0.29) is 17.7 Å². The van der Waals surface area contributed by atoms with Gasteiger partial charge in [0, 0.05) is 6.07 Å². The van der Waals surface area contributed by atoms with E-state index in [1.807, 2.05) is 0 Å². The van der Waals surface area contributed by atoms with Crippen LogP contribution in [0.5, 0.6) is 0 Å².